The van der Waals surface area contributed by atoms with E-state index in [1.165, 1.54) is 116 Å². The summed E-state index contributed by atoms with van der Waals surface area (Å²) in [6.07, 6.45) is 29.0. The van der Waals surface area contributed by atoms with Gasteiger partial charge in [0.05, 0.1) is 119 Å². The summed E-state index contributed by atoms with van der Waals surface area (Å²) in [6.45, 7) is 13.5. The summed E-state index contributed by atoms with van der Waals surface area (Å²) in [5, 5.41) is 0. The molecule has 0 aliphatic rings. The first-order chi connectivity index (χ1) is 30.2. The smallest absolute Gasteiger partial charge is 0.305 e. The Hall–Kier alpha value is -1.42. The van der Waals surface area contributed by atoms with Crippen LogP contribution in [0.5, 0.6) is 0 Å². The molecule has 61 heavy (non-hydrogen) atoms. The van der Waals surface area contributed by atoms with Crippen LogP contribution in [0, 0.1) is 0 Å². The standard InChI is InChI=1S/C48H94O13/c1-3-5-7-9-11-12-13-14-15-16-17-18-20-22-24-26-48(50)61-46-44-59-42-40-57-38-36-55-34-32-53-30-28-51-27-29-52-31-33-54-35-37-56-39-41-58-43-45-60-47(49)25-23-21-19-10-8-6-4-2/h3-46H2,1-2H3. The Bertz CT molecular complexity index is 850. The lowest BCUT2D eigenvalue weighted by Gasteiger charge is -2.09. The highest BCUT2D eigenvalue weighted by Gasteiger charge is 2.04. The average molecular weight is 879 g/mol. The van der Waals surface area contributed by atoms with Crippen LogP contribution in [-0.2, 0) is 61.7 Å². The van der Waals surface area contributed by atoms with Crippen molar-refractivity contribution >= 4 is 11.9 Å². The molecule has 0 spiro atoms. The van der Waals surface area contributed by atoms with Gasteiger partial charge in [0.15, 0.2) is 0 Å². The molecule has 0 aliphatic carbocycles. The minimum Gasteiger partial charge on any atom is -0.463 e. The van der Waals surface area contributed by atoms with Gasteiger partial charge >= 0.3 is 11.9 Å². The molecule has 0 aromatic rings. The number of carbonyl (C=O) groups excluding carboxylic acids is 2. The fraction of sp³-hybridized carbons (Fsp3) is 0.958. The molecule has 0 bridgehead atoms. The van der Waals surface area contributed by atoms with Gasteiger partial charge in [-0.3, -0.25) is 9.59 Å². The summed E-state index contributed by atoms with van der Waals surface area (Å²) in [7, 11) is 0. The number of hydrogen-bond donors (Lipinski definition) is 0. The number of carbonyl (C=O) groups is 2. The molecule has 364 valence electrons. The molecular formula is C48H94O13. The number of unbranched alkanes of at least 4 members (excludes halogenated alkanes) is 20. The van der Waals surface area contributed by atoms with Crippen molar-refractivity contribution in [2.75, 3.05) is 132 Å². The van der Waals surface area contributed by atoms with E-state index in [4.69, 9.17) is 52.1 Å². The van der Waals surface area contributed by atoms with Crippen LogP contribution in [0.3, 0.4) is 0 Å². The van der Waals surface area contributed by atoms with Crippen molar-refractivity contribution in [3.05, 3.63) is 0 Å². The first kappa shape index (κ1) is 59.6. The van der Waals surface area contributed by atoms with E-state index >= 15 is 0 Å². The maximum Gasteiger partial charge on any atom is 0.305 e. The Morgan fingerprint density at radius 3 is 0.590 bits per heavy atom. The van der Waals surface area contributed by atoms with Gasteiger partial charge in [0.2, 0.25) is 0 Å². The molecule has 0 N–H and O–H groups in total. The second-order valence-electron chi connectivity index (χ2n) is 15.5. The Morgan fingerprint density at radius 2 is 0.393 bits per heavy atom. The third-order valence-corrected chi connectivity index (χ3v) is 9.93. The van der Waals surface area contributed by atoms with Gasteiger partial charge in [-0.25, -0.2) is 0 Å². The minimum atomic E-state index is -0.142. The zero-order chi connectivity index (χ0) is 44.0. The maximum atomic E-state index is 11.9. The number of rotatable bonds is 54. The van der Waals surface area contributed by atoms with Gasteiger partial charge in [-0.15, -0.1) is 0 Å². The highest BCUT2D eigenvalue weighted by Crippen LogP contribution is 2.14. The van der Waals surface area contributed by atoms with Crippen molar-refractivity contribution in [3.8, 4) is 0 Å². The molecule has 13 heteroatoms. The molecule has 0 atom stereocenters. The molecule has 0 unspecified atom stereocenters. The van der Waals surface area contributed by atoms with Gasteiger partial charge in [0, 0.05) is 12.8 Å². The summed E-state index contributed by atoms with van der Waals surface area (Å²) in [6, 6.07) is 0. The van der Waals surface area contributed by atoms with Gasteiger partial charge in [-0.1, -0.05) is 142 Å². The largest absolute Gasteiger partial charge is 0.463 e. The van der Waals surface area contributed by atoms with E-state index in [1.54, 1.807) is 0 Å². The zero-order valence-corrected chi connectivity index (χ0v) is 39.4. The fourth-order valence-corrected chi connectivity index (χ4v) is 6.30. The van der Waals surface area contributed by atoms with Gasteiger partial charge in [0.1, 0.15) is 13.2 Å². The predicted molar refractivity (Wildman–Crippen MR) is 241 cm³/mol. The van der Waals surface area contributed by atoms with E-state index < -0.39 is 0 Å². The Morgan fingerprint density at radius 1 is 0.230 bits per heavy atom. The van der Waals surface area contributed by atoms with E-state index in [2.05, 4.69) is 13.8 Å². The normalized spacial score (nSPS) is 11.4. The quantitative estimate of drug-likeness (QED) is 0.0424. The lowest BCUT2D eigenvalue weighted by molar-refractivity contribution is -0.146. The van der Waals surface area contributed by atoms with Crippen LogP contribution in [0.25, 0.3) is 0 Å². The molecule has 0 aliphatic heterocycles. The number of esters is 2. The molecule has 0 radical (unpaired) electrons. The second-order valence-corrected chi connectivity index (χ2v) is 15.5. The lowest BCUT2D eigenvalue weighted by Crippen LogP contribution is -2.15. The molecule has 0 rings (SSSR count). The minimum absolute atomic E-state index is 0.132. The zero-order valence-electron chi connectivity index (χ0n) is 39.4. The molecule has 0 aromatic heterocycles. The van der Waals surface area contributed by atoms with Crippen LogP contribution in [0.2, 0.25) is 0 Å². The molecular weight excluding hydrogens is 785 g/mol. The van der Waals surface area contributed by atoms with Crippen molar-refractivity contribution < 1.29 is 61.7 Å². The van der Waals surface area contributed by atoms with Crippen LogP contribution in [0.15, 0.2) is 0 Å². The summed E-state index contributed by atoms with van der Waals surface area (Å²) in [5.74, 6) is -0.274. The van der Waals surface area contributed by atoms with Crippen LogP contribution >= 0.6 is 0 Å². The van der Waals surface area contributed by atoms with Gasteiger partial charge in [0.25, 0.3) is 0 Å². The maximum absolute atomic E-state index is 11.9. The SMILES string of the molecule is CCCCCCCCCCCCCCCCCC(=O)OCCOCCOCCOCCOCCOCCOCCOCCOCCOCCOC(=O)CCCCCCCCC. The number of hydrogen-bond acceptors (Lipinski definition) is 13. The van der Waals surface area contributed by atoms with Gasteiger partial charge < -0.3 is 52.1 Å². The molecule has 0 saturated carbocycles. The fourth-order valence-electron chi connectivity index (χ4n) is 6.30. The second kappa shape index (κ2) is 54.7. The Balaban J connectivity index is 3.16. The highest BCUT2D eigenvalue weighted by atomic mass is 16.6. The Labute approximate surface area is 372 Å². The monoisotopic (exact) mass is 879 g/mol. The Kier molecular flexibility index (Phi) is 53.4. The van der Waals surface area contributed by atoms with Crippen LogP contribution in [0.4, 0.5) is 0 Å². The number of ether oxygens (including phenoxy) is 11. The van der Waals surface area contributed by atoms with E-state index in [0.717, 1.165) is 25.7 Å². The summed E-state index contributed by atoms with van der Waals surface area (Å²) in [4.78, 5) is 23.7. The van der Waals surface area contributed by atoms with Crippen molar-refractivity contribution in [1.29, 1.82) is 0 Å². The van der Waals surface area contributed by atoms with E-state index in [9.17, 15) is 9.59 Å². The van der Waals surface area contributed by atoms with Crippen molar-refractivity contribution in [2.24, 2.45) is 0 Å². The van der Waals surface area contributed by atoms with E-state index in [1.807, 2.05) is 0 Å². The van der Waals surface area contributed by atoms with Gasteiger partial charge in [-0.2, -0.15) is 0 Å². The first-order valence-electron chi connectivity index (χ1n) is 24.7. The van der Waals surface area contributed by atoms with Crippen LogP contribution < -0.4 is 0 Å². The summed E-state index contributed by atoms with van der Waals surface area (Å²) < 4.78 is 59.9. The van der Waals surface area contributed by atoms with E-state index in [0.29, 0.717) is 132 Å². The van der Waals surface area contributed by atoms with Crippen molar-refractivity contribution in [1.82, 2.24) is 0 Å². The molecule has 13 nitrogen and oxygen atoms in total. The highest BCUT2D eigenvalue weighted by molar-refractivity contribution is 5.69. The third-order valence-electron chi connectivity index (χ3n) is 9.93. The van der Waals surface area contributed by atoms with Crippen LogP contribution in [-0.4, -0.2) is 144 Å². The molecule has 0 aromatic carbocycles. The van der Waals surface area contributed by atoms with Gasteiger partial charge in [-0.05, 0) is 12.8 Å². The summed E-state index contributed by atoms with van der Waals surface area (Å²) in [5.41, 5.74) is 0. The van der Waals surface area contributed by atoms with Crippen molar-refractivity contribution in [2.45, 2.75) is 168 Å². The lowest BCUT2D eigenvalue weighted by atomic mass is 10.0. The molecule has 0 amide bonds. The summed E-state index contributed by atoms with van der Waals surface area (Å²) >= 11 is 0. The molecule has 0 saturated heterocycles. The molecule has 0 heterocycles. The topological polar surface area (TPSA) is 136 Å². The molecule has 0 fully saturated rings. The average Bonchev–Trinajstić information content (AvgIpc) is 3.26. The third kappa shape index (κ3) is 54.6. The van der Waals surface area contributed by atoms with Crippen LogP contribution in [0.1, 0.15) is 168 Å². The predicted octanol–water partition coefficient (Wildman–Crippen LogP) is 9.62. The first-order valence-corrected chi connectivity index (χ1v) is 24.7. The van der Waals surface area contributed by atoms with E-state index in [-0.39, 0.29) is 25.2 Å². The van der Waals surface area contributed by atoms with Crippen molar-refractivity contribution in [3.63, 3.8) is 0 Å².